The summed E-state index contributed by atoms with van der Waals surface area (Å²) in [6.45, 7) is 2.10. The average Bonchev–Trinajstić information content (AvgIpc) is 3.08. The zero-order valence-electron chi connectivity index (χ0n) is 14.1. The highest BCUT2D eigenvalue weighted by Gasteiger charge is 2.27. The molecule has 132 valence electrons. The van der Waals surface area contributed by atoms with Gasteiger partial charge in [-0.15, -0.1) is 0 Å². The van der Waals surface area contributed by atoms with Crippen LogP contribution in [-0.4, -0.2) is 41.6 Å². The highest BCUT2D eigenvalue weighted by molar-refractivity contribution is 5.78. The molecule has 2 aliphatic rings. The van der Waals surface area contributed by atoms with Crippen LogP contribution in [0.5, 0.6) is 0 Å². The van der Waals surface area contributed by atoms with E-state index in [9.17, 15) is 14.3 Å². The molecule has 2 N–H and O–H groups in total. The Morgan fingerprint density at radius 3 is 2.42 bits per heavy atom. The monoisotopic (exact) mass is 334 g/mol. The van der Waals surface area contributed by atoms with Crippen molar-refractivity contribution in [3.8, 4) is 0 Å². The van der Waals surface area contributed by atoms with Crippen LogP contribution in [0.1, 0.15) is 50.2 Å². The van der Waals surface area contributed by atoms with E-state index in [-0.39, 0.29) is 17.6 Å². The number of rotatable bonds is 5. The summed E-state index contributed by atoms with van der Waals surface area (Å²) in [6, 6.07) is 6.46. The molecule has 4 nitrogen and oxygen atoms in total. The Bertz CT molecular complexity index is 535. The van der Waals surface area contributed by atoms with Crippen LogP contribution in [-0.2, 0) is 4.79 Å². The molecular weight excluding hydrogens is 307 g/mol. The highest BCUT2D eigenvalue weighted by atomic mass is 19.1. The van der Waals surface area contributed by atoms with Gasteiger partial charge in [-0.25, -0.2) is 4.39 Å². The van der Waals surface area contributed by atoms with E-state index >= 15 is 0 Å². The van der Waals surface area contributed by atoms with E-state index < -0.39 is 6.10 Å². The maximum atomic E-state index is 13.0. The number of hydrogen-bond donors (Lipinski definition) is 2. The fraction of sp³-hybridized carbons (Fsp3) is 0.632. The summed E-state index contributed by atoms with van der Waals surface area (Å²) in [7, 11) is 0. The number of carbonyl (C=O) groups is 1. The Morgan fingerprint density at radius 2 is 1.79 bits per heavy atom. The molecule has 1 unspecified atom stereocenters. The Hall–Kier alpha value is -1.46. The van der Waals surface area contributed by atoms with Crippen LogP contribution in [0.25, 0.3) is 0 Å². The quantitative estimate of drug-likeness (QED) is 0.870. The minimum atomic E-state index is -0.555. The molecule has 24 heavy (non-hydrogen) atoms. The summed E-state index contributed by atoms with van der Waals surface area (Å²) in [5.74, 6) is 0.0121. The molecular formula is C19H27FN2O2. The molecule has 0 bridgehead atoms. The lowest BCUT2D eigenvalue weighted by Gasteiger charge is -2.34. The van der Waals surface area contributed by atoms with Gasteiger partial charge >= 0.3 is 0 Å². The Labute approximate surface area is 143 Å². The van der Waals surface area contributed by atoms with E-state index in [2.05, 4.69) is 10.2 Å². The summed E-state index contributed by atoms with van der Waals surface area (Å²) in [5, 5.41) is 13.6. The fourth-order valence-corrected chi connectivity index (χ4v) is 3.91. The number of aliphatic hydroxyl groups excluding tert-OH is 1. The van der Waals surface area contributed by atoms with E-state index in [0.29, 0.717) is 12.6 Å². The molecule has 1 atom stereocenters. The maximum Gasteiger partial charge on any atom is 0.234 e. The van der Waals surface area contributed by atoms with Crippen molar-refractivity contribution in [3.05, 3.63) is 35.6 Å². The first-order valence-corrected chi connectivity index (χ1v) is 9.07. The van der Waals surface area contributed by atoms with E-state index in [1.165, 1.54) is 25.0 Å². The third-order valence-corrected chi connectivity index (χ3v) is 5.38. The second-order valence-corrected chi connectivity index (χ2v) is 7.16. The van der Waals surface area contributed by atoms with Crippen LogP contribution in [0.15, 0.2) is 24.3 Å². The van der Waals surface area contributed by atoms with Gasteiger partial charge in [0.25, 0.3) is 0 Å². The molecule has 1 heterocycles. The number of nitrogens with one attached hydrogen (secondary N) is 1. The lowest BCUT2D eigenvalue weighted by Crippen LogP contribution is -2.44. The predicted octanol–water partition coefficient (Wildman–Crippen LogP) is 2.63. The van der Waals surface area contributed by atoms with E-state index in [1.807, 2.05) is 0 Å². The normalized spacial score (nSPS) is 21.8. The van der Waals surface area contributed by atoms with Gasteiger partial charge in [-0.2, -0.15) is 0 Å². The molecule has 1 saturated carbocycles. The summed E-state index contributed by atoms with van der Waals surface area (Å²) in [5.41, 5.74) is 0.772. The summed E-state index contributed by atoms with van der Waals surface area (Å²) < 4.78 is 13.0. The van der Waals surface area contributed by atoms with Crippen LogP contribution in [0.4, 0.5) is 4.39 Å². The van der Waals surface area contributed by atoms with Crippen molar-refractivity contribution in [2.45, 2.75) is 50.7 Å². The summed E-state index contributed by atoms with van der Waals surface area (Å²) >= 11 is 0. The molecule has 0 radical (unpaired) electrons. The van der Waals surface area contributed by atoms with Crippen molar-refractivity contribution in [2.24, 2.45) is 5.92 Å². The first-order valence-electron chi connectivity index (χ1n) is 9.07. The highest BCUT2D eigenvalue weighted by Crippen LogP contribution is 2.30. The van der Waals surface area contributed by atoms with Crippen molar-refractivity contribution >= 4 is 5.91 Å². The Kier molecular flexibility index (Phi) is 5.85. The number of carbonyl (C=O) groups excluding carboxylic acids is 1. The van der Waals surface area contributed by atoms with Gasteiger partial charge in [0.1, 0.15) is 5.82 Å². The lowest BCUT2D eigenvalue weighted by molar-refractivity contribution is -0.123. The number of likely N-dealkylation sites (tertiary alicyclic amines) is 1. The van der Waals surface area contributed by atoms with Crippen molar-refractivity contribution in [1.29, 1.82) is 0 Å². The number of amides is 1. The van der Waals surface area contributed by atoms with Crippen molar-refractivity contribution in [1.82, 2.24) is 10.2 Å². The standard InChI is InChI=1S/C19H27FN2O2/c20-16-7-5-14(6-8-16)19(24)15-9-11-22(12-10-15)13-18(23)21-17-3-1-2-4-17/h5-8,15,17,19,24H,1-4,9-13H2,(H,21,23). The van der Waals surface area contributed by atoms with Gasteiger partial charge in [-0.1, -0.05) is 25.0 Å². The lowest BCUT2D eigenvalue weighted by atomic mass is 9.87. The van der Waals surface area contributed by atoms with Crippen molar-refractivity contribution in [3.63, 3.8) is 0 Å². The molecule has 0 spiro atoms. The first-order chi connectivity index (χ1) is 11.6. The number of piperidine rings is 1. The van der Waals surface area contributed by atoms with Gasteiger partial charge in [0, 0.05) is 6.04 Å². The smallest absolute Gasteiger partial charge is 0.234 e. The number of benzene rings is 1. The van der Waals surface area contributed by atoms with Crippen LogP contribution in [0, 0.1) is 11.7 Å². The van der Waals surface area contributed by atoms with Gasteiger partial charge in [-0.3, -0.25) is 9.69 Å². The zero-order valence-corrected chi connectivity index (χ0v) is 14.1. The van der Waals surface area contributed by atoms with Crippen molar-refractivity contribution < 1.29 is 14.3 Å². The molecule has 3 rings (SSSR count). The first kappa shape index (κ1) is 17.4. The average molecular weight is 334 g/mol. The van der Waals surface area contributed by atoms with Gasteiger partial charge in [0.05, 0.1) is 12.6 Å². The molecule has 2 fully saturated rings. The van der Waals surface area contributed by atoms with Crippen LogP contribution in [0.3, 0.4) is 0 Å². The summed E-state index contributed by atoms with van der Waals surface area (Å²) in [6.07, 6.45) is 5.81. The van der Waals surface area contributed by atoms with E-state index in [0.717, 1.165) is 44.3 Å². The topological polar surface area (TPSA) is 52.6 Å². The third-order valence-electron chi connectivity index (χ3n) is 5.38. The van der Waals surface area contributed by atoms with Crippen LogP contribution >= 0.6 is 0 Å². The van der Waals surface area contributed by atoms with E-state index in [1.54, 1.807) is 12.1 Å². The maximum absolute atomic E-state index is 13.0. The van der Waals surface area contributed by atoms with Crippen LogP contribution in [0.2, 0.25) is 0 Å². The van der Waals surface area contributed by atoms with Gasteiger partial charge in [0.15, 0.2) is 0 Å². The molecule has 1 aliphatic heterocycles. The molecule has 5 heteroatoms. The SMILES string of the molecule is O=C(CN1CCC(C(O)c2ccc(F)cc2)CC1)NC1CCCC1. The van der Waals surface area contributed by atoms with Gasteiger partial charge < -0.3 is 10.4 Å². The molecule has 1 amide bonds. The van der Waals surface area contributed by atoms with Crippen molar-refractivity contribution in [2.75, 3.05) is 19.6 Å². The minimum absolute atomic E-state index is 0.124. The third kappa shape index (κ3) is 4.54. The predicted molar refractivity (Wildman–Crippen MR) is 90.9 cm³/mol. The minimum Gasteiger partial charge on any atom is -0.388 e. The second kappa shape index (κ2) is 8.08. The Balaban J connectivity index is 1.43. The second-order valence-electron chi connectivity index (χ2n) is 7.16. The molecule has 1 aliphatic carbocycles. The fourth-order valence-electron chi connectivity index (χ4n) is 3.91. The number of hydrogen-bond acceptors (Lipinski definition) is 3. The van der Waals surface area contributed by atoms with E-state index in [4.69, 9.17) is 0 Å². The summed E-state index contributed by atoms with van der Waals surface area (Å²) in [4.78, 5) is 14.3. The number of aliphatic hydroxyl groups is 1. The molecule has 1 saturated heterocycles. The van der Waals surface area contributed by atoms with Gasteiger partial charge in [0.2, 0.25) is 5.91 Å². The number of nitrogens with zero attached hydrogens (tertiary/aromatic N) is 1. The zero-order chi connectivity index (χ0) is 16.9. The van der Waals surface area contributed by atoms with Crippen LogP contribution < -0.4 is 5.32 Å². The largest absolute Gasteiger partial charge is 0.388 e. The molecule has 0 aromatic heterocycles. The van der Waals surface area contributed by atoms with Gasteiger partial charge in [-0.05, 0) is 62.4 Å². The molecule has 1 aromatic rings. The molecule has 1 aromatic carbocycles. The number of halogens is 1. The Morgan fingerprint density at radius 1 is 1.17 bits per heavy atom.